The van der Waals surface area contributed by atoms with Crippen LogP contribution in [0.1, 0.15) is 18.5 Å². The predicted molar refractivity (Wildman–Crippen MR) is 66.5 cm³/mol. The molecule has 1 aromatic heterocycles. The Labute approximate surface area is 105 Å². The Kier molecular flexibility index (Phi) is 3.76. The second-order valence-electron chi connectivity index (χ2n) is 4.38. The maximum absolute atomic E-state index is 11.5. The Morgan fingerprint density at radius 2 is 2.11 bits per heavy atom. The molecule has 6 nitrogen and oxygen atoms in total. The molecule has 0 aliphatic heterocycles. The molecule has 0 bridgehead atoms. The molecule has 0 unspecified atom stereocenters. The largest absolute Gasteiger partial charge is 0.397 e. The molecule has 4 N–H and O–H groups in total. The fraction of sp³-hybridized carbons (Fsp3) is 0.417. The Hall–Kier alpha value is -2.11. The van der Waals surface area contributed by atoms with Gasteiger partial charge in [-0.05, 0) is 25.0 Å². The minimum atomic E-state index is -0.224. The van der Waals surface area contributed by atoms with E-state index in [1.807, 2.05) is 0 Å². The average molecular weight is 248 g/mol. The fourth-order valence-electron chi connectivity index (χ4n) is 1.45. The van der Waals surface area contributed by atoms with Gasteiger partial charge in [0.05, 0.1) is 24.8 Å². The zero-order valence-corrected chi connectivity index (χ0v) is 9.98. The lowest BCUT2D eigenvalue weighted by Crippen LogP contribution is -2.38. The maximum atomic E-state index is 11.5. The van der Waals surface area contributed by atoms with Crippen LogP contribution in [0, 0.1) is 0 Å². The topological polar surface area (TPSA) is 97.1 Å². The van der Waals surface area contributed by atoms with Crippen molar-refractivity contribution in [1.29, 1.82) is 0 Å². The molecule has 6 heteroatoms. The number of rotatable bonds is 5. The molecule has 1 aromatic rings. The number of anilines is 1. The number of amides is 2. The number of nitrogens with two attached hydrogens (primary N) is 1. The first-order chi connectivity index (χ1) is 8.63. The number of nitrogen functional groups attached to an aromatic ring is 1. The van der Waals surface area contributed by atoms with Gasteiger partial charge in [-0.2, -0.15) is 0 Å². The van der Waals surface area contributed by atoms with Gasteiger partial charge in [0.15, 0.2) is 0 Å². The fourth-order valence-corrected chi connectivity index (χ4v) is 1.45. The highest BCUT2D eigenvalue weighted by Crippen LogP contribution is 2.18. The van der Waals surface area contributed by atoms with Gasteiger partial charge in [-0.1, -0.05) is 0 Å². The van der Waals surface area contributed by atoms with Crippen molar-refractivity contribution in [3.05, 3.63) is 24.0 Å². The van der Waals surface area contributed by atoms with Crippen LogP contribution in [0.15, 0.2) is 18.3 Å². The SMILES string of the molecule is Nc1ccc(CC(=O)NCC(=O)NC2CC2)nc1. The van der Waals surface area contributed by atoms with Gasteiger partial charge in [0, 0.05) is 11.7 Å². The number of pyridine rings is 1. The summed E-state index contributed by atoms with van der Waals surface area (Å²) in [5.41, 5.74) is 6.68. The average Bonchev–Trinajstić information content (AvgIpc) is 3.13. The Morgan fingerprint density at radius 1 is 1.33 bits per heavy atom. The molecule has 18 heavy (non-hydrogen) atoms. The Morgan fingerprint density at radius 3 is 2.72 bits per heavy atom. The van der Waals surface area contributed by atoms with E-state index in [1.54, 1.807) is 12.1 Å². The lowest BCUT2D eigenvalue weighted by atomic mass is 10.2. The highest BCUT2D eigenvalue weighted by molar-refractivity contribution is 5.85. The lowest BCUT2D eigenvalue weighted by Gasteiger charge is -2.05. The molecule has 1 aliphatic rings. The van der Waals surface area contributed by atoms with Crippen molar-refractivity contribution in [3.8, 4) is 0 Å². The van der Waals surface area contributed by atoms with Crippen molar-refractivity contribution >= 4 is 17.5 Å². The van der Waals surface area contributed by atoms with Crippen molar-refractivity contribution in [3.63, 3.8) is 0 Å². The van der Waals surface area contributed by atoms with Gasteiger partial charge < -0.3 is 16.4 Å². The summed E-state index contributed by atoms with van der Waals surface area (Å²) in [6.07, 6.45) is 3.73. The van der Waals surface area contributed by atoms with Crippen molar-refractivity contribution in [1.82, 2.24) is 15.6 Å². The summed E-state index contributed by atoms with van der Waals surface area (Å²) in [5.74, 6) is -0.366. The van der Waals surface area contributed by atoms with Crippen LogP contribution in [0.2, 0.25) is 0 Å². The van der Waals surface area contributed by atoms with Gasteiger partial charge in [0.1, 0.15) is 0 Å². The van der Waals surface area contributed by atoms with Gasteiger partial charge in [-0.15, -0.1) is 0 Å². The number of hydrogen-bond donors (Lipinski definition) is 3. The minimum absolute atomic E-state index is 0.0182. The zero-order valence-electron chi connectivity index (χ0n) is 9.98. The van der Waals surface area contributed by atoms with E-state index in [0.717, 1.165) is 12.8 Å². The first-order valence-electron chi connectivity index (χ1n) is 5.90. The van der Waals surface area contributed by atoms with Crippen LogP contribution >= 0.6 is 0 Å². The van der Waals surface area contributed by atoms with Gasteiger partial charge in [-0.25, -0.2) is 0 Å². The van der Waals surface area contributed by atoms with E-state index in [0.29, 0.717) is 17.4 Å². The highest BCUT2D eigenvalue weighted by atomic mass is 16.2. The number of carbonyl (C=O) groups excluding carboxylic acids is 2. The molecule has 1 aliphatic carbocycles. The molecule has 96 valence electrons. The highest BCUT2D eigenvalue weighted by Gasteiger charge is 2.23. The molecule has 0 spiro atoms. The molecular formula is C12H16N4O2. The molecular weight excluding hydrogens is 232 g/mol. The second kappa shape index (κ2) is 5.48. The van der Waals surface area contributed by atoms with Crippen LogP contribution in [-0.4, -0.2) is 29.4 Å². The monoisotopic (exact) mass is 248 g/mol. The number of carbonyl (C=O) groups is 2. The first-order valence-corrected chi connectivity index (χ1v) is 5.90. The lowest BCUT2D eigenvalue weighted by molar-refractivity contribution is -0.125. The van der Waals surface area contributed by atoms with Gasteiger partial charge >= 0.3 is 0 Å². The molecule has 2 rings (SSSR count). The maximum Gasteiger partial charge on any atom is 0.239 e. The summed E-state index contributed by atoms with van der Waals surface area (Å²) >= 11 is 0. The number of hydrogen-bond acceptors (Lipinski definition) is 4. The van der Waals surface area contributed by atoms with Gasteiger partial charge in [-0.3, -0.25) is 14.6 Å². The second-order valence-corrected chi connectivity index (χ2v) is 4.38. The molecule has 0 saturated heterocycles. The van der Waals surface area contributed by atoms with E-state index < -0.39 is 0 Å². The third kappa shape index (κ3) is 4.04. The van der Waals surface area contributed by atoms with Crippen LogP contribution < -0.4 is 16.4 Å². The van der Waals surface area contributed by atoms with E-state index in [-0.39, 0.29) is 24.8 Å². The molecule has 0 atom stereocenters. The van der Waals surface area contributed by atoms with Crippen LogP contribution in [-0.2, 0) is 16.0 Å². The van der Waals surface area contributed by atoms with E-state index in [2.05, 4.69) is 15.6 Å². The van der Waals surface area contributed by atoms with Crippen LogP contribution in [0.3, 0.4) is 0 Å². The van der Waals surface area contributed by atoms with Gasteiger partial charge in [0.2, 0.25) is 11.8 Å². The summed E-state index contributed by atoms with van der Waals surface area (Å²) in [5, 5.41) is 5.35. The van der Waals surface area contributed by atoms with Gasteiger partial charge in [0.25, 0.3) is 0 Å². The van der Waals surface area contributed by atoms with Crippen molar-refractivity contribution in [2.45, 2.75) is 25.3 Å². The minimum Gasteiger partial charge on any atom is -0.397 e. The van der Waals surface area contributed by atoms with E-state index >= 15 is 0 Å². The number of nitrogens with one attached hydrogen (secondary N) is 2. The third-order valence-corrected chi connectivity index (χ3v) is 2.58. The van der Waals surface area contributed by atoms with Crippen LogP contribution in [0.25, 0.3) is 0 Å². The predicted octanol–water partition coefficient (Wildman–Crippen LogP) is -0.399. The van der Waals surface area contributed by atoms with Crippen molar-refractivity contribution in [2.24, 2.45) is 0 Å². The summed E-state index contributed by atoms with van der Waals surface area (Å²) in [6, 6.07) is 3.70. The standard InChI is InChI=1S/C12H16N4O2/c13-8-1-2-10(14-6-8)5-11(17)15-7-12(18)16-9-3-4-9/h1-2,6,9H,3-5,7,13H2,(H,15,17)(H,16,18). The quantitative estimate of drug-likeness (QED) is 0.660. The van der Waals surface area contributed by atoms with Crippen LogP contribution in [0.4, 0.5) is 5.69 Å². The van der Waals surface area contributed by atoms with E-state index in [9.17, 15) is 9.59 Å². The molecule has 1 saturated carbocycles. The smallest absolute Gasteiger partial charge is 0.239 e. The van der Waals surface area contributed by atoms with Crippen molar-refractivity contribution < 1.29 is 9.59 Å². The molecule has 2 amide bonds. The summed E-state index contributed by atoms with van der Waals surface area (Å²) in [6.45, 7) is 0.0182. The van der Waals surface area contributed by atoms with Crippen molar-refractivity contribution in [2.75, 3.05) is 12.3 Å². The Balaban J connectivity index is 1.70. The summed E-state index contributed by atoms with van der Waals surface area (Å²) in [4.78, 5) is 26.9. The van der Waals surface area contributed by atoms with E-state index in [4.69, 9.17) is 5.73 Å². The van der Waals surface area contributed by atoms with Crippen LogP contribution in [0.5, 0.6) is 0 Å². The summed E-state index contributed by atoms with van der Waals surface area (Å²) in [7, 11) is 0. The molecule has 0 aromatic carbocycles. The molecule has 1 fully saturated rings. The third-order valence-electron chi connectivity index (χ3n) is 2.58. The molecule has 1 heterocycles. The zero-order chi connectivity index (χ0) is 13.0. The first kappa shape index (κ1) is 12.3. The Bertz CT molecular complexity index is 440. The number of aromatic nitrogens is 1. The van der Waals surface area contributed by atoms with E-state index in [1.165, 1.54) is 6.20 Å². The normalized spacial score (nSPS) is 14.0. The molecule has 0 radical (unpaired) electrons. The number of nitrogens with zero attached hydrogens (tertiary/aromatic N) is 1. The summed E-state index contributed by atoms with van der Waals surface area (Å²) < 4.78 is 0.